The van der Waals surface area contributed by atoms with Crippen LogP contribution in [0.15, 0.2) is 73.1 Å². The third-order valence-corrected chi connectivity index (χ3v) is 7.81. The molecule has 1 saturated heterocycles. The van der Waals surface area contributed by atoms with Crippen LogP contribution in [0.1, 0.15) is 40.1 Å². The van der Waals surface area contributed by atoms with Crippen LogP contribution in [0.3, 0.4) is 0 Å². The van der Waals surface area contributed by atoms with E-state index in [2.05, 4.69) is 15.4 Å². The van der Waals surface area contributed by atoms with Crippen LogP contribution in [-0.4, -0.2) is 62.1 Å². The Bertz CT molecular complexity index is 1720. The lowest BCUT2D eigenvalue weighted by molar-refractivity contribution is -0.138. The average Bonchev–Trinajstić information content (AvgIpc) is 3.57. The second-order valence-electron chi connectivity index (χ2n) is 10.6. The Balaban J connectivity index is 1.25. The molecule has 0 bridgehead atoms. The van der Waals surface area contributed by atoms with Crippen LogP contribution in [0.4, 0.5) is 32.0 Å². The van der Waals surface area contributed by atoms with Crippen LogP contribution in [0.25, 0.3) is 16.9 Å². The number of benzene rings is 2. The Morgan fingerprint density at radius 1 is 0.886 bits per heavy atom. The highest BCUT2D eigenvalue weighted by atomic mass is 19.4. The number of hydrogen-bond donors (Lipinski definition) is 1. The summed E-state index contributed by atoms with van der Waals surface area (Å²) in [6.07, 6.45) is -5.97. The molecular weight excluding hydrogens is 590 g/mol. The van der Waals surface area contributed by atoms with E-state index in [1.54, 1.807) is 42.4 Å². The second kappa shape index (κ2) is 10.8. The molecule has 1 unspecified atom stereocenters. The number of halogens is 6. The molecule has 1 fully saturated rings. The van der Waals surface area contributed by atoms with Gasteiger partial charge in [0.1, 0.15) is 6.04 Å². The number of piperazine rings is 1. The first-order chi connectivity index (χ1) is 20.8. The van der Waals surface area contributed by atoms with E-state index < -0.39 is 47.4 Å². The van der Waals surface area contributed by atoms with E-state index >= 15 is 0 Å². The van der Waals surface area contributed by atoms with E-state index in [1.165, 1.54) is 22.9 Å². The molecule has 2 aliphatic heterocycles. The standard InChI is InChI=1S/C30H24F6N6O2/c1-17-16-40(26-22-7-4-20(30(34,35)36)14-23(22)38-27(26)43)12-13-41(17)28(44)24-15-25(18-8-10-37-11-9-18)42(39-24)21-5-2-19(3-6-21)29(31,32)33/h2-11,14-15,17,26H,12-13,16H2,1H3,(H,38,43)/t17-,26?/m0/s1. The molecule has 44 heavy (non-hydrogen) atoms. The SMILES string of the molecule is C[C@H]1CN(C2C(=O)Nc3cc(C(F)(F)F)ccc32)CCN1C(=O)c1cc(-c2ccncc2)n(-c2ccc(C(F)(F)F)cc2)n1. The summed E-state index contributed by atoms with van der Waals surface area (Å²) in [5, 5.41) is 7.02. The maximum atomic E-state index is 13.7. The van der Waals surface area contributed by atoms with E-state index in [4.69, 9.17) is 0 Å². The lowest BCUT2D eigenvalue weighted by Gasteiger charge is -2.41. The smallest absolute Gasteiger partial charge is 0.332 e. The summed E-state index contributed by atoms with van der Waals surface area (Å²) < 4.78 is 80.4. The predicted molar refractivity (Wildman–Crippen MR) is 147 cm³/mol. The van der Waals surface area contributed by atoms with Gasteiger partial charge in [-0.15, -0.1) is 0 Å². The zero-order valence-electron chi connectivity index (χ0n) is 23.0. The molecular formula is C30H24F6N6O2. The van der Waals surface area contributed by atoms with Gasteiger partial charge in [0.25, 0.3) is 5.91 Å². The summed E-state index contributed by atoms with van der Waals surface area (Å²) in [4.78, 5) is 34.0. The number of pyridine rings is 1. The Kier molecular flexibility index (Phi) is 7.19. The van der Waals surface area contributed by atoms with Crippen molar-refractivity contribution in [3.05, 3.63) is 95.4 Å². The minimum Gasteiger partial charge on any atom is -0.332 e. The summed E-state index contributed by atoms with van der Waals surface area (Å²) in [5.74, 6) is -0.854. The maximum Gasteiger partial charge on any atom is 0.416 e. The first-order valence-corrected chi connectivity index (χ1v) is 13.6. The molecule has 14 heteroatoms. The van der Waals surface area contributed by atoms with Crippen molar-refractivity contribution in [3.8, 4) is 16.9 Å². The second-order valence-corrected chi connectivity index (χ2v) is 10.6. The molecule has 0 saturated carbocycles. The van der Waals surface area contributed by atoms with E-state index in [-0.39, 0.29) is 31.0 Å². The lowest BCUT2D eigenvalue weighted by Crippen LogP contribution is -2.55. The van der Waals surface area contributed by atoms with Crippen molar-refractivity contribution in [2.45, 2.75) is 31.4 Å². The lowest BCUT2D eigenvalue weighted by atomic mass is 10.0. The topological polar surface area (TPSA) is 83.4 Å². The highest BCUT2D eigenvalue weighted by molar-refractivity contribution is 6.02. The van der Waals surface area contributed by atoms with E-state index in [0.717, 1.165) is 24.3 Å². The van der Waals surface area contributed by atoms with Crippen molar-refractivity contribution >= 4 is 17.5 Å². The fourth-order valence-corrected chi connectivity index (χ4v) is 5.66. The molecule has 228 valence electrons. The monoisotopic (exact) mass is 614 g/mol. The van der Waals surface area contributed by atoms with Gasteiger partial charge in [0.05, 0.1) is 22.5 Å². The van der Waals surface area contributed by atoms with Crippen molar-refractivity contribution < 1.29 is 35.9 Å². The van der Waals surface area contributed by atoms with Gasteiger partial charge in [-0.1, -0.05) is 6.07 Å². The molecule has 1 N–H and O–H groups in total. The van der Waals surface area contributed by atoms with Crippen LogP contribution in [0, 0.1) is 0 Å². The first kappa shape index (κ1) is 29.4. The highest BCUT2D eigenvalue weighted by Gasteiger charge is 2.41. The predicted octanol–water partition coefficient (Wildman–Crippen LogP) is 5.81. The number of carbonyl (C=O) groups excluding carboxylic acids is 2. The van der Waals surface area contributed by atoms with Crippen LogP contribution in [0.5, 0.6) is 0 Å². The largest absolute Gasteiger partial charge is 0.416 e. The minimum atomic E-state index is -4.55. The summed E-state index contributed by atoms with van der Waals surface area (Å²) >= 11 is 0. The Labute approximate surface area is 246 Å². The minimum absolute atomic E-state index is 0.0700. The van der Waals surface area contributed by atoms with Crippen LogP contribution >= 0.6 is 0 Å². The number of fused-ring (bicyclic) bond motifs is 1. The van der Waals surface area contributed by atoms with Gasteiger partial charge in [-0.05, 0) is 61.5 Å². The zero-order chi connectivity index (χ0) is 31.4. The van der Waals surface area contributed by atoms with Crippen molar-refractivity contribution in [1.82, 2.24) is 24.6 Å². The molecule has 2 aromatic heterocycles. The summed E-state index contributed by atoms with van der Waals surface area (Å²) in [7, 11) is 0. The number of hydrogen-bond acceptors (Lipinski definition) is 5. The Morgan fingerprint density at radius 3 is 2.18 bits per heavy atom. The number of nitrogens with zero attached hydrogens (tertiary/aromatic N) is 5. The van der Waals surface area contributed by atoms with Crippen molar-refractivity contribution in [1.29, 1.82) is 0 Å². The quantitative estimate of drug-likeness (QED) is 0.294. The number of rotatable bonds is 4. The van der Waals surface area contributed by atoms with Crippen molar-refractivity contribution in [2.75, 3.05) is 25.0 Å². The highest BCUT2D eigenvalue weighted by Crippen LogP contribution is 2.40. The summed E-state index contributed by atoms with van der Waals surface area (Å²) in [6, 6.07) is 11.3. The Morgan fingerprint density at radius 2 is 1.55 bits per heavy atom. The molecule has 0 radical (unpaired) electrons. The van der Waals surface area contributed by atoms with Gasteiger partial charge in [0.15, 0.2) is 5.69 Å². The number of anilines is 1. The molecule has 0 aliphatic carbocycles. The van der Waals surface area contributed by atoms with Gasteiger partial charge < -0.3 is 10.2 Å². The molecule has 2 aliphatic rings. The van der Waals surface area contributed by atoms with Crippen LogP contribution in [0.2, 0.25) is 0 Å². The third kappa shape index (κ3) is 5.41. The van der Waals surface area contributed by atoms with Gasteiger partial charge in [-0.25, -0.2) is 4.68 Å². The van der Waals surface area contributed by atoms with Gasteiger partial charge >= 0.3 is 12.4 Å². The fourth-order valence-electron chi connectivity index (χ4n) is 5.66. The van der Waals surface area contributed by atoms with Crippen molar-refractivity contribution in [2.24, 2.45) is 0 Å². The molecule has 0 spiro atoms. The van der Waals surface area contributed by atoms with Gasteiger partial charge in [0.2, 0.25) is 5.91 Å². The molecule has 4 heterocycles. The first-order valence-electron chi connectivity index (χ1n) is 13.6. The molecule has 2 aromatic carbocycles. The number of nitrogens with one attached hydrogen (secondary N) is 1. The van der Waals surface area contributed by atoms with E-state index in [9.17, 15) is 35.9 Å². The molecule has 8 nitrogen and oxygen atoms in total. The van der Waals surface area contributed by atoms with E-state index in [1.807, 2.05) is 4.90 Å². The van der Waals surface area contributed by atoms with Crippen LogP contribution < -0.4 is 5.32 Å². The fraction of sp³-hybridized carbons (Fsp3) is 0.267. The Hall–Kier alpha value is -4.72. The zero-order valence-corrected chi connectivity index (χ0v) is 23.0. The molecule has 2 amide bonds. The average molecular weight is 615 g/mol. The molecule has 2 atom stereocenters. The maximum absolute atomic E-state index is 13.7. The normalized spacial score (nSPS) is 19.2. The number of aromatic nitrogens is 3. The molecule has 6 rings (SSSR count). The molecule has 4 aromatic rings. The summed E-state index contributed by atoms with van der Waals surface area (Å²) in [6.45, 7) is 2.53. The summed E-state index contributed by atoms with van der Waals surface area (Å²) in [5.41, 5.74) is 0.375. The number of alkyl halides is 6. The number of carbonyl (C=O) groups is 2. The van der Waals surface area contributed by atoms with Gasteiger partial charge in [-0.2, -0.15) is 31.4 Å². The van der Waals surface area contributed by atoms with Crippen molar-refractivity contribution in [3.63, 3.8) is 0 Å². The van der Waals surface area contributed by atoms with Gasteiger partial charge in [0, 0.05) is 54.9 Å². The van der Waals surface area contributed by atoms with Crippen LogP contribution in [-0.2, 0) is 17.1 Å². The third-order valence-electron chi connectivity index (χ3n) is 7.81. The van der Waals surface area contributed by atoms with Gasteiger partial charge in [-0.3, -0.25) is 19.5 Å². The van der Waals surface area contributed by atoms with E-state index in [0.29, 0.717) is 22.5 Å². The number of amides is 2.